The highest BCUT2D eigenvalue weighted by Gasteiger charge is 2.16. The number of unbranched alkanes of at least 4 members (excludes halogenated alkanes) is 9. The Labute approximate surface area is 235 Å². The molecule has 1 heterocycles. The monoisotopic (exact) mass is 530 g/mol. The molecule has 3 rings (SSSR count). The van der Waals surface area contributed by atoms with Crippen molar-refractivity contribution in [2.24, 2.45) is 0 Å². The minimum absolute atomic E-state index is 0.333. The first kappa shape index (κ1) is 30.3. The number of carbonyl (C=O) groups is 1. The standard InChI is InChI=1S/C34H46N2O3/c1-4-6-8-9-10-11-12-13-15-28-16-18-30(19-17-28)33-35-25-31(26-36-33)29-20-22-32(23-21-29)39-27(3)34(37)38-24-14-7-5-2/h16-23,25-27H,4-15,24H2,1-3H3. The number of hydrogen-bond acceptors (Lipinski definition) is 5. The van der Waals surface area contributed by atoms with E-state index in [1.54, 1.807) is 6.92 Å². The average molecular weight is 531 g/mol. The van der Waals surface area contributed by atoms with Crippen LogP contribution in [0.1, 0.15) is 97.0 Å². The number of aryl methyl sites for hydroxylation is 1. The minimum atomic E-state index is -0.646. The Morgan fingerprint density at radius 3 is 1.90 bits per heavy atom. The number of rotatable bonds is 18. The van der Waals surface area contributed by atoms with Gasteiger partial charge in [0.2, 0.25) is 0 Å². The van der Waals surface area contributed by atoms with Crippen molar-refractivity contribution in [1.29, 1.82) is 0 Å². The van der Waals surface area contributed by atoms with E-state index in [4.69, 9.17) is 9.47 Å². The Bertz CT molecular complexity index is 1080. The number of carbonyl (C=O) groups excluding carboxylic acids is 1. The molecule has 0 fully saturated rings. The lowest BCUT2D eigenvalue weighted by molar-refractivity contribution is -0.151. The summed E-state index contributed by atoms with van der Waals surface area (Å²) in [6, 6.07) is 16.3. The zero-order chi connectivity index (χ0) is 27.7. The van der Waals surface area contributed by atoms with Crippen molar-refractivity contribution in [2.75, 3.05) is 6.61 Å². The van der Waals surface area contributed by atoms with Crippen molar-refractivity contribution in [2.45, 2.75) is 104 Å². The predicted molar refractivity (Wildman–Crippen MR) is 160 cm³/mol. The summed E-state index contributed by atoms with van der Waals surface area (Å²) in [6.07, 6.45) is 18.0. The van der Waals surface area contributed by atoms with E-state index in [1.807, 2.05) is 36.7 Å². The summed E-state index contributed by atoms with van der Waals surface area (Å²) < 4.78 is 11.0. The third-order valence-electron chi connectivity index (χ3n) is 7.01. The van der Waals surface area contributed by atoms with Crippen LogP contribution in [0, 0.1) is 0 Å². The molecule has 1 atom stereocenters. The molecule has 0 aliphatic rings. The Morgan fingerprint density at radius 2 is 1.26 bits per heavy atom. The fraction of sp³-hybridized carbons (Fsp3) is 0.500. The quantitative estimate of drug-likeness (QED) is 0.121. The van der Waals surface area contributed by atoms with E-state index >= 15 is 0 Å². The molecule has 0 saturated carbocycles. The van der Waals surface area contributed by atoms with Gasteiger partial charge in [0.25, 0.3) is 0 Å². The second kappa shape index (κ2) is 17.4. The van der Waals surface area contributed by atoms with Crippen molar-refractivity contribution in [3.63, 3.8) is 0 Å². The molecule has 0 aliphatic carbocycles. The van der Waals surface area contributed by atoms with Gasteiger partial charge in [0.05, 0.1) is 6.61 Å². The number of nitrogens with zero attached hydrogens (tertiary/aromatic N) is 2. The molecule has 0 saturated heterocycles. The van der Waals surface area contributed by atoms with Gasteiger partial charge >= 0.3 is 5.97 Å². The number of esters is 1. The van der Waals surface area contributed by atoms with Crippen LogP contribution in [0.15, 0.2) is 60.9 Å². The highest BCUT2D eigenvalue weighted by Crippen LogP contribution is 2.24. The summed E-state index contributed by atoms with van der Waals surface area (Å²) in [5, 5.41) is 0. The fourth-order valence-corrected chi connectivity index (χ4v) is 4.53. The maximum atomic E-state index is 12.1. The zero-order valence-electron chi connectivity index (χ0n) is 24.2. The molecule has 210 valence electrons. The molecule has 2 aromatic carbocycles. The first-order valence-electron chi connectivity index (χ1n) is 15.0. The molecule has 5 heteroatoms. The Kier molecular flexibility index (Phi) is 13.5. The van der Waals surface area contributed by atoms with Gasteiger partial charge < -0.3 is 9.47 Å². The molecule has 0 spiro atoms. The van der Waals surface area contributed by atoms with Crippen LogP contribution < -0.4 is 4.74 Å². The van der Waals surface area contributed by atoms with E-state index < -0.39 is 6.10 Å². The van der Waals surface area contributed by atoms with Crippen LogP contribution in [-0.2, 0) is 16.0 Å². The Morgan fingerprint density at radius 1 is 0.692 bits per heavy atom. The van der Waals surface area contributed by atoms with Gasteiger partial charge in [-0.25, -0.2) is 14.8 Å². The molecule has 0 bridgehead atoms. The summed E-state index contributed by atoms with van der Waals surface area (Å²) in [5.74, 6) is 1.02. The second-order valence-electron chi connectivity index (χ2n) is 10.4. The first-order chi connectivity index (χ1) is 19.1. The van der Waals surface area contributed by atoms with E-state index in [1.165, 1.54) is 56.9 Å². The van der Waals surface area contributed by atoms with Crippen LogP contribution in [0.5, 0.6) is 5.75 Å². The molecule has 0 amide bonds. The highest BCUT2D eigenvalue weighted by molar-refractivity contribution is 5.74. The lowest BCUT2D eigenvalue weighted by Gasteiger charge is -2.14. The molecule has 39 heavy (non-hydrogen) atoms. The van der Waals surface area contributed by atoms with Crippen molar-refractivity contribution >= 4 is 5.97 Å². The van der Waals surface area contributed by atoms with E-state index in [2.05, 4.69) is 48.1 Å². The van der Waals surface area contributed by atoms with Crippen LogP contribution >= 0.6 is 0 Å². The molecule has 0 radical (unpaired) electrons. The van der Waals surface area contributed by atoms with Crippen LogP contribution in [0.25, 0.3) is 22.5 Å². The molecule has 3 aromatic rings. The molecule has 5 nitrogen and oxygen atoms in total. The smallest absolute Gasteiger partial charge is 0.347 e. The Hall–Kier alpha value is -3.21. The molecule has 1 unspecified atom stereocenters. The summed E-state index contributed by atoms with van der Waals surface area (Å²) in [7, 11) is 0. The molecule has 0 aliphatic heterocycles. The number of aromatic nitrogens is 2. The van der Waals surface area contributed by atoms with Gasteiger partial charge in [-0.2, -0.15) is 0 Å². The van der Waals surface area contributed by atoms with Crippen LogP contribution in [0.4, 0.5) is 0 Å². The maximum absolute atomic E-state index is 12.1. The lowest BCUT2D eigenvalue weighted by atomic mass is 10.0. The predicted octanol–water partition coefficient (Wildman–Crippen LogP) is 8.99. The number of benzene rings is 2. The Balaban J connectivity index is 1.44. The average Bonchev–Trinajstić information content (AvgIpc) is 2.97. The first-order valence-corrected chi connectivity index (χ1v) is 15.0. The SMILES string of the molecule is CCCCCCCCCCc1ccc(-c2ncc(-c3ccc(OC(C)C(=O)OCCCCC)cc3)cn2)cc1. The second-order valence-corrected chi connectivity index (χ2v) is 10.4. The van der Waals surface area contributed by atoms with Gasteiger partial charge in [-0.05, 0) is 49.4 Å². The van der Waals surface area contributed by atoms with Gasteiger partial charge in [-0.1, -0.05) is 108 Å². The van der Waals surface area contributed by atoms with Crippen molar-refractivity contribution in [3.8, 4) is 28.3 Å². The largest absolute Gasteiger partial charge is 0.479 e. The molecular formula is C34H46N2O3. The molecule has 1 aromatic heterocycles. The van der Waals surface area contributed by atoms with Crippen LogP contribution in [0.3, 0.4) is 0 Å². The summed E-state index contributed by atoms with van der Waals surface area (Å²) in [6.45, 7) is 6.54. The van der Waals surface area contributed by atoms with Gasteiger partial charge in [0.15, 0.2) is 11.9 Å². The number of hydrogen-bond donors (Lipinski definition) is 0. The topological polar surface area (TPSA) is 61.3 Å². The zero-order valence-corrected chi connectivity index (χ0v) is 24.2. The minimum Gasteiger partial charge on any atom is -0.479 e. The van der Waals surface area contributed by atoms with Crippen molar-refractivity contribution in [3.05, 3.63) is 66.5 Å². The van der Waals surface area contributed by atoms with Gasteiger partial charge in [-0.15, -0.1) is 0 Å². The molecule has 0 N–H and O–H groups in total. The summed E-state index contributed by atoms with van der Waals surface area (Å²) >= 11 is 0. The van der Waals surface area contributed by atoms with Crippen LogP contribution in [-0.4, -0.2) is 28.6 Å². The summed E-state index contributed by atoms with van der Waals surface area (Å²) in [4.78, 5) is 21.3. The van der Waals surface area contributed by atoms with E-state index in [-0.39, 0.29) is 5.97 Å². The summed E-state index contributed by atoms with van der Waals surface area (Å²) in [5.41, 5.74) is 4.33. The third-order valence-corrected chi connectivity index (χ3v) is 7.01. The van der Waals surface area contributed by atoms with Crippen LogP contribution in [0.2, 0.25) is 0 Å². The lowest BCUT2D eigenvalue weighted by Crippen LogP contribution is -2.26. The third kappa shape index (κ3) is 10.8. The van der Waals surface area contributed by atoms with Gasteiger partial charge in [0, 0.05) is 23.5 Å². The van der Waals surface area contributed by atoms with Crippen molar-refractivity contribution in [1.82, 2.24) is 9.97 Å². The highest BCUT2D eigenvalue weighted by atomic mass is 16.6. The molecular weight excluding hydrogens is 484 g/mol. The number of ether oxygens (including phenoxy) is 2. The van der Waals surface area contributed by atoms with Crippen molar-refractivity contribution < 1.29 is 14.3 Å². The van der Waals surface area contributed by atoms with Gasteiger partial charge in [0.1, 0.15) is 5.75 Å². The maximum Gasteiger partial charge on any atom is 0.347 e. The fourth-order valence-electron chi connectivity index (χ4n) is 4.53. The van der Waals surface area contributed by atoms with E-state index in [0.717, 1.165) is 48.2 Å². The normalized spacial score (nSPS) is 11.8. The van der Waals surface area contributed by atoms with E-state index in [9.17, 15) is 4.79 Å². The van der Waals surface area contributed by atoms with Gasteiger partial charge in [-0.3, -0.25) is 0 Å². The van der Waals surface area contributed by atoms with E-state index in [0.29, 0.717) is 12.4 Å².